The second-order valence-electron chi connectivity index (χ2n) is 4.17. The van der Waals surface area contributed by atoms with Crippen molar-refractivity contribution in [2.75, 3.05) is 12.4 Å². The molecule has 0 saturated heterocycles. The number of amides is 1. The summed E-state index contributed by atoms with van der Waals surface area (Å²) in [5.74, 6) is -0.289. The van der Waals surface area contributed by atoms with E-state index < -0.39 is 5.97 Å². The van der Waals surface area contributed by atoms with Gasteiger partial charge in [0.2, 0.25) is 0 Å². The zero-order valence-corrected chi connectivity index (χ0v) is 11.4. The molecule has 2 rings (SSSR count). The van der Waals surface area contributed by atoms with E-state index in [2.05, 4.69) is 20.1 Å². The van der Waals surface area contributed by atoms with E-state index in [9.17, 15) is 9.59 Å². The molecule has 2 heterocycles. The van der Waals surface area contributed by atoms with Gasteiger partial charge in [0, 0.05) is 19.3 Å². The summed E-state index contributed by atoms with van der Waals surface area (Å²) >= 11 is 0. The lowest BCUT2D eigenvalue weighted by Crippen LogP contribution is -2.16. The number of pyridine rings is 1. The summed E-state index contributed by atoms with van der Waals surface area (Å²) in [5, 5.41) is 6.82. The van der Waals surface area contributed by atoms with Crippen LogP contribution in [0.5, 0.6) is 0 Å². The topological polar surface area (TPSA) is 86.1 Å². The number of aromatic nitrogens is 3. The Kier molecular flexibility index (Phi) is 3.79. The molecule has 0 fully saturated rings. The van der Waals surface area contributed by atoms with Gasteiger partial charge >= 0.3 is 5.97 Å². The lowest BCUT2D eigenvalue weighted by atomic mass is 10.2. The van der Waals surface area contributed by atoms with Crippen LogP contribution in [-0.2, 0) is 11.8 Å². The Morgan fingerprint density at radius 3 is 2.60 bits per heavy atom. The minimum absolute atomic E-state index is 0.205. The molecule has 20 heavy (non-hydrogen) atoms. The van der Waals surface area contributed by atoms with Gasteiger partial charge in [-0.15, -0.1) is 0 Å². The second kappa shape index (κ2) is 5.52. The molecule has 0 saturated carbocycles. The molecule has 0 aliphatic heterocycles. The van der Waals surface area contributed by atoms with E-state index in [1.807, 2.05) is 6.92 Å². The Morgan fingerprint density at radius 1 is 1.35 bits per heavy atom. The predicted molar refractivity (Wildman–Crippen MR) is 71.5 cm³/mol. The van der Waals surface area contributed by atoms with Crippen LogP contribution in [0.2, 0.25) is 0 Å². The van der Waals surface area contributed by atoms with Gasteiger partial charge in [0.15, 0.2) is 0 Å². The molecule has 0 radical (unpaired) electrons. The van der Waals surface area contributed by atoms with Crippen molar-refractivity contribution >= 4 is 17.7 Å². The number of esters is 1. The molecule has 0 aromatic carbocycles. The quantitative estimate of drug-likeness (QED) is 0.849. The summed E-state index contributed by atoms with van der Waals surface area (Å²) in [7, 11) is 3.02. The maximum absolute atomic E-state index is 12.0. The Morgan fingerprint density at radius 2 is 2.10 bits per heavy atom. The molecule has 1 N–H and O–H groups in total. The Hall–Kier alpha value is -2.70. The largest absolute Gasteiger partial charge is 0.465 e. The van der Waals surface area contributed by atoms with Crippen LogP contribution < -0.4 is 5.32 Å². The van der Waals surface area contributed by atoms with Crippen molar-refractivity contribution in [2.24, 2.45) is 7.05 Å². The molecule has 0 aliphatic rings. The maximum atomic E-state index is 12.0. The third-order valence-electron chi connectivity index (χ3n) is 2.66. The monoisotopic (exact) mass is 274 g/mol. The first-order valence-corrected chi connectivity index (χ1v) is 5.87. The Bertz CT molecular complexity index is 646. The van der Waals surface area contributed by atoms with E-state index in [-0.39, 0.29) is 11.6 Å². The molecule has 1 amide bonds. The van der Waals surface area contributed by atoms with Crippen LogP contribution in [0, 0.1) is 6.92 Å². The summed E-state index contributed by atoms with van der Waals surface area (Å²) in [6.45, 7) is 1.83. The third kappa shape index (κ3) is 2.82. The molecule has 0 aliphatic carbocycles. The maximum Gasteiger partial charge on any atom is 0.339 e. The van der Waals surface area contributed by atoms with Crippen molar-refractivity contribution in [3.05, 3.63) is 41.3 Å². The van der Waals surface area contributed by atoms with E-state index in [1.54, 1.807) is 17.8 Å². The number of hydrogen-bond donors (Lipinski definition) is 1. The smallest absolute Gasteiger partial charge is 0.339 e. The van der Waals surface area contributed by atoms with Gasteiger partial charge in [-0.25, -0.2) is 4.79 Å². The molecule has 0 bridgehead atoms. The second-order valence-corrected chi connectivity index (χ2v) is 4.17. The van der Waals surface area contributed by atoms with E-state index in [4.69, 9.17) is 0 Å². The van der Waals surface area contributed by atoms with Crippen LogP contribution >= 0.6 is 0 Å². The van der Waals surface area contributed by atoms with Crippen molar-refractivity contribution in [2.45, 2.75) is 6.92 Å². The highest BCUT2D eigenvalue weighted by atomic mass is 16.5. The SMILES string of the molecule is COC(=O)c1ccc(C(=O)Nc2cc(C)nn2C)nc1. The number of aryl methyl sites for hydroxylation is 2. The molecule has 0 spiro atoms. The number of rotatable bonds is 3. The highest BCUT2D eigenvalue weighted by Gasteiger charge is 2.12. The molecule has 104 valence electrons. The number of ether oxygens (including phenoxy) is 1. The zero-order valence-electron chi connectivity index (χ0n) is 11.4. The third-order valence-corrected chi connectivity index (χ3v) is 2.66. The van der Waals surface area contributed by atoms with Crippen LogP contribution in [0.15, 0.2) is 24.4 Å². The van der Waals surface area contributed by atoms with Crippen LogP contribution in [0.4, 0.5) is 5.82 Å². The zero-order chi connectivity index (χ0) is 14.7. The number of methoxy groups -OCH3 is 1. The van der Waals surface area contributed by atoms with Gasteiger partial charge in [-0.05, 0) is 19.1 Å². The highest BCUT2D eigenvalue weighted by molar-refractivity contribution is 6.02. The average molecular weight is 274 g/mol. The fourth-order valence-electron chi connectivity index (χ4n) is 1.67. The van der Waals surface area contributed by atoms with Gasteiger partial charge in [0.1, 0.15) is 11.5 Å². The molecule has 2 aromatic heterocycles. The van der Waals surface area contributed by atoms with Crippen LogP contribution in [0.25, 0.3) is 0 Å². The minimum atomic E-state index is -0.494. The number of nitrogens with one attached hydrogen (secondary N) is 1. The van der Waals surface area contributed by atoms with Gasteiger partial charge in [0.05, 0.1) is 18.4 Å². The van der Waals surface area contributed by atoms with E-state index in [1.165, 1.54) is 25.4 Å². The predicted octanol–water partition coefficient (Wildman–Crippen LogP) is 1.16. The number of hydrogen-bond acceptors (Lipinski definition) is 5. The average Bonchev–Trinajstić information content (AvgIpc) is 2.76. The van der Waals surface area contributed by atoms with Crippen molar-refractivity contribution in [1.29, 1.82) is 0 Å². The van der Waals surface area contributed by atoms with Gasteiger partial charge in [-0.2, -0.15) is 5.10 Å². The number of nitrogens with zero attached hydrogens (tertiary/aromatic N) is 3. The standard InChI is InChI=1S/C13H14N4O3/c1-8-6-11(17(2)16-8)15-12(18)10-5-4-9(7-14-10)13(19)20-3/h4-7H,1-3H3,(H,15,18). The van der Waals surface area contributed by atoms with Crippen molar-refractivity contribution < 1.29 is 14.3 Å². The van der Waals surface area contributed by atoms with Crippen molar-refractivity contribution in [1.82, 2.24) is 14.8 Å². The van der Waals surface area contributed by atoms with Crippen LogP contribution in [0.1, 0.15) is 26.5 Å². The van der Waals surface area contributed by atoms with Gasteiger partial charge in [0.25, 0.3) is 5.91 Å². The lowest BCUT2D eigenvalue weighted by molar-refractivity contribution is 0.0600. The van der Waals surface area contributed by atoms with Gasteiger partial charge < -0.3 is 10.1 Å². The summed E-state index contributed by atoms with van der Waals surface area (Å²) in [4.78, 5) is 27.2. The number of anilines is 1. The Balaban J connectivity index is 2.13. The molecule has 2 aromatic rings. The van der Waals surface area contributed by atoms with Gasteiger partial charge in [-0.3, -0.25) is 14.5 Å². The molecule has 7 heteroatoms. The number of carbonyl (C=O) groups excluding carboxylic acids is 2. The first-order chi connectivity index (χ1) is 9.51. The highest BCUT2D eigenvalue weighted by Crippen LogP contribution is 2.10. The van der Waals surface area contributed by atoms with Crippen molar-refractivity contribution in [3.63, 3.8) is 0 Å². The van der Waals surface area contributed by atoms with Crippen LogP contribution in [-0.4, -0.2) is 33.8 Å². The van der Waals surface area contributed by atoms with E-state index in [0.29, 0.717) is 11.4 Å². The normalized spacial score (nSPS) is 10.2. The summed E-state index contributed by atoms with van der Waals surface area (Å²) in [5.41, 5.74) is 1.30. The molecular formula is C13H14N4O3. The summed E-state index contributed by atoms with van der Waals surface area (Å²) < 4.78 is 6.13. The van der Waals surface area contributed by atoms with E-state index >= 15 is 0 Å². The molecular weight excluding hydrogens is 260 g/mol. The molecule has 7 nitrogen and oxygen atoms in total. The van der Waals surface area contributed by atoms with Gasteiger partial charge in [-0.1, -0.05) is 0 Å². The molecule has 0 atom stereocenters. The minimum Gasteiger partial charge on any atom is -0.465 e. The summed E-state index contributed by atoms with van der Waals surface area (Å²) in [6, 6.07) is 4.70. The first-order valence-electron chi connectivity index (χ1n) is 5.87. The molecule has 0 unspecified atom stereocenters. The first kappa shape index (κ1) is 13.7. The fourth-order valence-corrected chi connectivity index (χ4v) is 1.67. The number of carbonyl (C=O) groups is 2. The fraction of sp³-hybridized carbons (Fsp3) is 0.231. The van der Waals surface area contributed by atoms with Crippen LogP contribution in [0.3, 0.4) is 0 Å². The lowest BCUT2D eigenvalue weighted by Gasteiger charge is -2.05. The van der Waals surface area contributed by atoms with Crippen molar-refractivity contribution in [3.8, 4) is 0 Å². The summed E-state index contributed by atoms with van der Waals surface area (Å²) in [6.07, 6.45) is 1.30. The van der Waals surface area contributed by atoms with E-state index in [0.717, 1.165) is 5.69 Å². The Labute approximate surface area is 115 Å².